The zero-order chi connectivity index (χ0) is 18.9. The van der Waals surface area contributed by atoms with Crippen molar-refractivity contribution in [2.75, 3.05) is 19.6 Å². The Morgan fingerprint density at radius 3 is 2.65 bits per heavy atom. The number of imide groups is 1. The van der Waals surface area contributed by atoms with Gasteiger partial charge in [-0.05, 0) is 38.2 Å². The molecular formula is C19H24ClN3O3. The summed E-state index contributed by atoms with van der Waals surface area (Å²) in [7, 11) is 0. The summed E-state index contributed by atoms with van der Waals surface area (Å²) in [6.45, 7) is 4.73. The highest BCUT2D eigenvalue weighted by Gasteiger charge is 2.50. The Labute approximate surface area is 158 Å². The largest absolute Gasteiger partial charge is 0.341 e. The molecule has 1 atom stereocenters. The average molecular weight is 378 g/mol. The molecule has 0 aromatic heterocycles. The van der Waals surface area contributed by atoms with Gasteiger partial charge in [0.2, 0.25) is 5.91 Å². The normalized spacial score (nSPS) is 22.5. The third kappa shape index (κ3) is 3.56. The standard InChI is InChI=1S/C19H24ClN3O3/c1-3-10-22(11-13-8-9-13)16(24)12-23-17(25)19(2,21-18(23)26)14-6-4-5-7-15(14)20/h4-7,13H,3,8-12H2,1-2H3,(H,21,26)/t19-/m0/s1. The number of amides is 4. The zero-order valence-corrected chi connectivity index (χ0v) is 15.9. The lowest BCUT2D eigenvalue weighted by atomic mass is 9.92. The Balaban J connectivity index is 1.76. The molecule has 2 fully saturated rings. The van der Waals surface area contributed by atoms with Crippen molar-refractivity contribution in [1.29, 1.82) is 0 Å². The van der Waals surface area contributed by atoms with Crippen LogP contribution in [0.2, 0.25) is 5.02 Å². The molecular weight excluding hydrogens is 354 g/mol. The Hall–Kier alpha value is -2.08. The molecule has 1 saturated heterocycles. The second-order valence-electron chi connectivity index (χ2n) is 7.21. The summed E-state index contributed by atoms with van der Waals surface area (Å²) in [5, 5.41) is 3.10. The summed E-state index contributed by atoms with van der Waals surface area (Å²) >= 11 is 6.22. The summed E-state index contributed by atoms with van der Waals surface area (Å²) in [6.07, 6.45) is 3.12. The first-order chi connectivity index (χ1) is 12.4. The summed E-state index contributed by atoms with van der Waals surface area (Å²) in [5.74, 6) is -0.0838. The minimum Gasteiger partial charge on any atom is -0.341 e. The van der Waals surface area contributed by atoms with E-state index < -0.39 is 17.5 Å². The molecule has 26 heavy (non-hydrogen) atoms. The average Bonchev–Trinajstić information content (AvgIpc) is 3.39. The Morgan fingerprint density at radius 1 is 1.35 bits per heavy atom. The number of hydrogen-bond acceptors (Lipinski definition) is 3. The lowest BCUT2D eigenvalue weighted by Crippen LogP contribution is -2.45. The maximum absolute atomic E-state index is 13.0. The van der Waals surface area contributed by atoms with Crippen molar-refractivity contribution in [2.24, 2.45) is 5.92 Å². The molecule has 1 heterocycles. The number of benzene rings is 1. The third-order valence-corrected chi connectivity index (χ3v) is 5.33. The van der Waals surface area contributed by atoms with Gasteiger partial charge in [-0.3, -0.25) is 14.5 Å². The van der Waals surface area contributed by atoms with Gasteiger partial charge in [0.15, 0.2) is 0 Å². The van der Waals surface area contributed by atoms with E-state index in [1.807, 2.05) is 6.92 Å². The molecule has 0 bridgehead atoms. The second-order valence-corrected chi connectivity index (χ2v) is 7.62. The Bertz CT molecular complexity index is 734. The fraction of sp³-hybridized carbons (Fsp3) is 0.526. The number of hydrogen-bond donors (Lipinski definition) is 1. The number of carbonyl (C=O) groups excluding carboxylic acids is 3. The molecule has 6 nitrogen and oxygen atoms in total. The van der Waals surface area contributed by atoms with E-state index in [1.54, 1.807) is 36.1 Å². The van der Waals surface area contributed by atoms with Gasteiger partial charge in [-0.15, -0.1) is 0 Å². The number of carbonyl (C=O) groups is 3. The summed E-state index contributed by atoms with van der Waals surface area (Å²) in [5.41, 5.74) is -0.736. The van der Waals surface area contributed by atoms with E-state index in [-0.39, 0.29) is 12.5 Å². The lowest BCUT2D eigenvalue weighted by molar-refractivity contribution is -0.139. The minimum atomic E-state index is -1.26. The monoisotopic (exact) mass is 377 g/mol. The number of nitrogens with zero attached hydrogens (tertiary/aromatic N) is 2. The van der Waals surface area contributed by atoms with Crippen LogP contribution in [-0.4, -0.2) is 47.3 Å². The fourth-order valence-electron chi connectivity index (χ4n) is 3.32. The van der Waals surface area contributed by atoms with Crippen LogP contribution in [-0.2, 0) is 15.1 Å². The highest BCUT2D eigenvalue weighted by Crippen LogP contribution is 2.33. The van der Waals surface area contributed by atoms with Gasteiger partial charge in [0, 0.05) is 23.7 Å². The van der Waals surface area contributed by atoms with Gasteiger partial charge in [0.25, 0.3) is 5.91 Å². The van der Waals surface area contributed by atoms with E-state index in [2.05, 4.69) is 5.32 Å². The van der Waals surface area contributed by atoms with E-state index in [0.717, 1.165) is 24.2 Å². The predicted molar refractivity (Wildman–Crippen MR) is 98.6 cm³/mol. The van der Waals surface area contributed by atoms with Gasteiger partial charge in [-0.25, -0.2) is 4.79 Å². The predicted octanol–water partition coefficient (Wildman–Crippen LogP) is 2.76. The van der Waals surface area contributed by atoms with Crippen LogP contribution in [0.4, 0.5) is 4.79 Å². The van der Waals surface area contributed by atoms with Crippen molar-refractivity contribution in [3.05, 3.63) is 34.9 Å². The molecule has 140 valence electrons. The first kappa shape index (κ1) is 18.7. The van der Waals surface area contributed by atoms with E-state index in [0.29, 0.717) is 29.6 Å². The molecule has 7 heteroatoms. The van der Waals surface area contributed by atoms with Gasteiger partial charge in [0.1, 0.15) is 12.1 Å². The van der Waals surface area contributed by atoms with E-state index in [4.69, 9.17) is 11.6 Å². The van der Waals surface area contributed by atoms with Crippen LogP contribution < -0.4 is 5.32 Å². The molecule has 1 aromatic carbocycles. The van der Waals surface area contributed by atoms with Gasteiger partial charge in [-0.2, -0.15) is 0 Å². The van der Waals surface area contributed by atoms with Gasteiger partial charge in [-0.1, -0.05) is 36.7 Å². The summed E-state index contributed by atoms with van der Waals surface area (Å²) < 4.78 is 0. The van der Waals surface area contributed by atoms with E-state index in [1.165, 1.54) is 0 Å². The van der Waals surface area contributed by atoms with Crippen LogP contribution >= 0.6 is 11.6 Å². The third-order valence-electron chi connectivity index (χ3n) is 5.00. The molecule has 1 saturated carbocycles. The van der Waals surface area contributed by atoms with Gasteiger partial charge >= 0.3 is 6.03 Å². The molecule has 0 unspecified atom stereocenters. The van der Waals surface area contributed by atoms with Crippen LogP contribution in [0.15, 0.2) is 24.3 Å². The quantitative estimate of drug-likeness (QED) is 0.743. The van der Waals surface area contributed by atoms with Crippen molar-refractivity contribution in [3.63, 3.8) is 0 Å². The molecule has 0 radical (unpaired) electrons. The molecule has 0 spiro atoms. The zero-order valence-electron chi connectivity index (χ0n) is 15.1. The topological polar surface area (TPSA) is 69.7 Å². The maximum atomic E-state index is 13.0. The van der Waals surface area contributed by atoms with Crippen molar-refractivity contribution in [3.8, 4) is 0 Å². The lowest BCUT2D eigenvalue weighted by Gasteiger charge is -2.25. The van der Waals surface area contributed by atoms with Gasteiger partial charge in [0.05, 0.1) is 0 Å². The minimum absolute atomic E-state index is 0.189. The number of halogens is 1. The van der Waals surface area contributed by atoms with Gasteiger partial charge < -0.3 is 10.2 Å². The van der Waals surface area contributed by atoms with Crippen LogP contribution in [0.1, 0.15) is 38.7 Å². The van der Waals surface area contributed by atoms with Crippen LogP contribution in [0.5, 0.6) is 0 Å². The fourth-order valence-corrected chi connectivity index (χ4v) is 3.65. The maximum Gasteiger partial charge on any atom is 0.325 e. The second kappa shape index (κ2) is 7.27. The first-order valence-corrected chi connectivity index (χ1v) is 9.41. The first-order valence-electron chi connectivity index (χ1n) is 9.03. The van der Waals surface area contributed by atoms with Crippen molar-refractivity contribution >= 4 is 29.4 Å². The van der Waals surface area contributed by atoms with Crippen LogP contribution in [0, 0.1) is 5.92 Å². The number of rotatable bonds is 7. The highest BCUT2D eigenvalue weighted by molar-refractivity contribution is 6.32. The molecule has 1 aromatic rings. The molecule has 3 rings (SSSR count). The van der Waals surface area contributed by atoms with Crippen molar-refractivity contribution < 1.29 is 14.4 Å². The van der Waals surface area contributed by atoms with E-state index >= 15 is 0 Å². The summed E-state index contributed by atoms with van der Waals surface area (Å²) in [4.78, 5) is 40.8. The number of nitrogens with one attached hydrogen (secondary N) is 1. The Morgan fingerprint density at radius 2 is 2.04 bits per heavy atom. The smallest absolute Gasteiger partial charge is 0.325 e. The van der Waals surface area contributed by atoms with E-state index in [9.17, 15) is 14.4 Å². The SMILES string of the molecule is CCCN(CC1CC1)C(=O)CN1C(=O)N[C@@](C)(c2ccccc2Cl)C1=O. The molecule has 2 aliphatic rings. The van der Waals surface area contributed by atoms with Crippen molar-refractivity contribution in [2.45, 2.75) is 38.6 Å². The highest BCUT2D eigenvalue weighted by atomic mass is 35.5. The summed E-state index contributed by atoms with van der Waals surface area (Å²) in [6, 6.07) is 6.35. The number of urea groups is 1. The van der Waals surface area contributed by atoms with Crippen LogP contribution in [0.25, 0.3) is 0 Å². The van der Waals surface area contributed by atoms with Crippen molar-refractivity contribution in [1.82, 2.24) is 15.1 Å². The molecule has 1 N–H and O–H groups in total. The molecule has 1 aliphatic heterocycles. The molecule has 4 amide bonds. The molecule has 1 aliphatic carbocycles. The van der Waals surface area contributed by atoms with Crippen LogP contribution in [0.3, 0.4) is 0 Å². The Kier molecular flexibility index (Phi) is 5.23.